The highest BCUT2D eigenvalue weighted by molar-refractivity contribution is 5.03. The molecule has 0 saturated heterocycles. The smallest absolute Gasteiger partial charge is 0.150 e. The van der Waals surface area contributed by atoms with Crippen LogP contribution in [0, 0.1) is 6.92 Å². The minimum absolute atomic E-state index is 0.206. The van der Waals surface area contributed by atoms with E-state index in [1.165, 1.54) is 6.42 Å². The average molecular weight is 210 g/mol. The Bertz CT molecular complexity index is 311. The van der Waals surface area contributed by atoms with E-state index in [9.17, 15) is 5.11 Å². The number of nitrogens with one attached hydrogen (secondary N) is 1. The predicted octanol–water partition coefficient (Wildman–Crippen LogP) is 1.38. The van der Waals surface area contributed by atoms with Crippen LogP contribution in [-0.2, 0) is 6.54 Å². The minimum atomic E-state index is -0.206. The summed E-state index contributed by atoms with van der Waals surface area (Å²) in [4.78, 5) is 0. The van der Waals surface area contributed by atoms with E-state index in [1.54, 1.807) is 0 Å². The van der Waals surface area contributed by atoms with Gasteiger partial charge in [0.05, 0.1) is 18.3 Å². The van der Waals surface area contributed by atoms with E-state index in [0.717, 1.165) is 30.7 Å². The topological polar surface area (TPSA) is 58.3 Å². The number of hydrogen-bond acceptors (Lipinski definition) is 4. The van der Waals surface area contributed by atoms with E-state index in [4.69, 9.17) is 4.52 Å². The fraction of sp³-hybridized carbons (Fsp3) is 0.727. The number of aromatic nitrogens is 1. The highest BCUT2D eigenvalue weighted by Crippen LogP contribution is 2.18. The van der Waals surface area contributed by atoms with Crippen molar-refractivity contribution < 1.29 is 9.63 Å². The maximum atomic E-state index is 9.74. The maximum Gasteiger partial charge on any atom is 0.150 e. The summed E-state index contributed by atoms with van der Waals surface area (Å²) < 4.78 is 5.10. The number of aliphatic hydroxyl groups excluding tert-OH is 1. The van der Waals surface area contributed by atoms with E-state index < -0.39 is 0 Å². The fourth-order valence-corrected chi connectivity index (χ4v) is 2.08. The lowest BCUT2D eigenvalue weighted by atomic mass is 9.92. The molecule has 0 aliphatic heterocycles. The Morgan fingerprint density at radius 2 is 2.33 bits per heavy atom. The molecule has 0 radical (unpaired) electrons. The van der Waals surface area contributed by atoms with Gasteiger partial charge in [-0.25, -0.2) is 0 Å². The van der Waals surface area contributed by atoms with Crippen LogP contribution < -0.4 is 5.32 Å². The van der Waals surface area contributed by atoms with E-state index in [0.29, 0.717) is 6.54 Å². The van der Waals surface area contributed by atoms with Crippen molar-refractivity contribution in [2.24, 2.45) is 0 Å². The number of hydrogen-bond donors (Lipinski definition) is 2. The largest absolute Gasteiger partial charge is 0.392 e. The normalized spacial score (nSPS) is 26.8. The average Bonchev–Trinajstić information content (AvgIpc) is 2.63. The van der Waals surface area contributed by atoms with Crippen LogP contribution in [0.3, 0.4) is 0 Å². The van der Waals surface area contributed by atoms with Crippen LogP contribution in [0.1, 0.15) is 37.1 Å². The summed E-state index contributed by atoms with van der Waals surface area (Å²) >= 11 is 0. The molecule has 0 bridgehead atoms. The predicted molar refractivity (Wildman–Crippen MR) is 56.3 cm³/mol. The molecular weight excluding hydrogens is 192 g/mol. The second-order valence-electron chi connectivity index (χ2n) is 4.27. The van der Waals surface area contributed by atoms with Crippen LogP contribution in [0.5, 0.6) is 0 Å². The van der Waals surface area contributed by atoms with Gasteiger partial charge in [0.15, 0.2) is 5.76 Å². The Hall–Kier alpha value is -0.870. The lowest BCUT2D eigenvalue weighted by molar-refractivity contribution is 0.0889. The molecule has 2 N–H and O–H groups in total. The monoisotopic (exact) mass is 210 g/mol. The first-order valence-electron chi connectivity index (χ1n) is 5.59. The van der Waals surface area contributed by atoms with E-state index in [2.05, 4.69) is 10.5 Å². The molecule has 2 atom stereocenters. The Morgan fingerprint density at radius 1 is 1.53 bits per heavy atom. The van der Waals surface area contributed by atoms with Crippen LogP contribution in [0.4, 0.5) is 0 Å². The zero-order valence-electron chi connectivity index (χ0n) is 9.07. The molecule has 0 spiro atoms. The molecule has 15 heavy (non-hydrogen) atoms. The molecular formula is C11H18N2O2. The van der Waals surface area contributed by atoms with Crippen molar-refractivity contribution in [3.8, 4) is 0 Å². The van der Waals surface area contributed by atoms with Gasteiger partial charge in [-0.3, -0.25) is 0 Å². The lowest BCUT2D eigenvalue weighted by Gasteiger charge is -2.28. The van der Waals surface area contributed by atoms with Crippen molar-refractivity contribution >= 4 is 0 Å². The van der Waals surface area contributed by atoms with Crippen molar-refractivity contribution in [2.45, 2.75) is 51.3 Å². The molecule has 0 unspecified atom stereocenters. The summed E-state index contributed by atoms with van der Waals surface area (Å²) in [6, 6.07) is 2.13. The number of aryl methyl sites for hydroxylation is 1. The molecule has 1 saturated carbocycles. The van der Waals surface area contributed by atoms with Crippen LogP contribution >= 0.6 is 0 Å². The van der Waals surface area contributed by atoms with Gasteiger partial charge in [0.25, 0.3) is 0 Å². The summed E-state index contributed by atoms with van der Waals surface area (Å²) in [6.45, 7) is 2.56. The van der Waals surface area contributed by atoms with Gasteiger partial charge in [-0.1, -0.05) is 18.0 Å². The van der Waals surface area contributed by atoms with Crippen molar-refractivity contribution in [2.75, 3.05) is 0 Å². The summed E-state index contributed by atoms with van der Waals surface area (Å²) in [5, 5.41) is 16.9. The zero-order chi connectivity index (χ0) is 10.7. The van der Waals surface area contributed by atoms with Gasteiger partial charge in [-0.05, 0) is 19.8 Å². The Kier molecular flexibility index (Phi) is 3.38. The van der Waals surface area contributed by atoms with Gasteiger partial charge < -0.3 is 14.9 Å². The number of aliphatic hydroxyl groups is 1. The summed E-state index contributed by atoms with van der Waals surface area (Å²) in [5.74, 6) is 0.838. The fourth-order valence-electron chi connectivity index (χ4n) is 2.08. The summed E-state index contributed by atoms with van der Waals surface area (Å²) in [6.07, 6.45) is 4.09. The third-order valence-corrected chi connectivity index (χ3v) is 2.94. The second kappa shape index (κ2) is 4.77. The molecule has 1 heterocycles. The summed E-state index contributed by atoms with van der Waals surface area (Å²) in [5.41, 5.74) is 0.899. The third-order valence-electron chi connectivity index (χ3n) is 2.94. The van der Waals surface area contributed by atoms with E-state index >= 15 is 0 Å². The van der Waals surface area contributed by atoms with E-state index in [1.807, 2.05) is 13.0 Å². The maximum absolute atomic E-state index is 9.74. The molecule has 0 amide bonds. The van der Waals surface area contributed by atoms with Crippen LogP contribution in [0.2, 0.25) is 0 Å². The second-order valence-corrected chi connectivity index (χ2v) is 4.27. The van der Waals surface area contributed by atoms with E-state index in [-0.39, 0.29) is 12.1 Å². The first-order chi connectivity index (χ1) is 7.25. The minimum Gasteiger partial charge on any atom is -0.392 e. The van der Waals surface area contributed by atoms with Crippen molar-refractivity contribution in [1.29, 1.82) is 0 Å². The quantitative estimate of drug-likeness (QED) is 0.791. The van der Waals surface area contributed by atoms with Gasteiger partial charge in [-0.15, -0.1) is 0 Å². The zero-order valence-corrected chi connectivity index (χ0v) is 9.07. The SMILES string of the molecule is Cc1cc(CN[C@@H]2CCCC[C@H]2O)on1. The molecule has 1 fully saturated rings. The molecule has 1 aromatic heterocycles. The first kappa shape index (κ1) is 10.6. The van der Waals surface area contributed by atoms with Crippen molar-refractivity contribution in [3.05, 3.63) is 17.5 Å². The van der Waals surface area contributed by atoms with Gasteiger partial charge in [0.1, 0.15) is 0 Å². The molecule has 4 heteroatoms. The molecule has 4 nitrogen and oxygen atoms in total. The number of rotatable bonds is 3. The van der Waals surface area contributed by atoms with Crippen molar-refractivity contribution in [3.63, 3.8) is 0 Å². The molecule has 1 aliphatic carbocycles. The van der Waals surface area contributed by atoms with Gasteiger partial charge in [-0.2, -0.15) is 0 Å². The Labute approximate surface area is 89.7 Å². The summed E-state index contributed by atoms with van der Waals surface area (Å²) in [7, 11) is 0. The first-order valence-corrected chi connectivity index (χ1v) is 5.59. The highest BCUT2D eigenvalue weighted by atomic mass is 16.5. The Balaban J connectivity index is 1.81. The van der Waals surface area contributed by atoms with Gasteiger partial charge in [0, 0.05) is 12.1 Å². The van der Waals surface area contributed by atoms with Crippen molar-refractivity contribution in [1.82, 2.24) is 10.5 Å². The van der Waals surface area contributed by atoms with Crippen LogP contribution in [-0.4, -0.2) is 22.4 Å². The Morgan fingerprint density at radius 3 is 3.00 bits per heavy atom. The highest BCUT2D eigenvalue weighted by Gasteiger charge is 2.22. The number of nitrogens with zero attached hydrogens (tertiary/aromatic N) is 1. The molecule has 0 aromatic carbocycles. The molecule has 1 aromatic rings. The molecule has 84 valence electrons. The van der Waals surface area contributed by atoms with Crippen LogP contribution in [0.25, 0.3) is 0 Å². The van der Waals surface area contributed by atoms with Crippen LogP contribution in [0.15, 0.2) is 10.6 Å². The molecule has 2 rings (SSSR count). The molecule has 1 aliphatic rings. The van der Waals surface area contributed by atoms with Gasteiger partial charge in [0.2, 0.25) is 0 Å². The van der Waals surface area contributed by atoms with Gasteiger partial charge >= 0.3 is 0 Å². The standard InChI is InChI=1S/C11H18N2O2/c1-8-6-9(15-13-8)7-12-10-4-2-3-5-11(10)14/h6,10-12,14H,2-5,7H2,1H3/t10-,11-/m1/s1. The lowest BCUT2D eigenvalue weighted by Crippen LogP contribution is -2.41. The third kappa shape index (κ3) is 2.79.